The smallest absolute Gasteiger partial charge is 0.259 e. The summed E-state index contributed by atoms with van der Waals surface area (Å²) in [7, 11) is 3.06. The van der Waals surface area contributed by atoms with E-state index in [1.165, 1.54) is 33.3 Å². The van der Waals surface area contributed by atoms with Gasteiger partial charge in [-0.25, -0.2) is 4.98 Å². The van der Waals surface area contributed by atoms with Crippen LogP contribution in [0.25, 0.3) is 0 Å². The SMILES string of the molecule is COCO[C@@]1(Cc2cc(O[C@H]3CC[C@H](C)CC3)ccn2)C(=O)N(COC)[C@H]1COc1cnccn1. The second-order valence-electron chi connectivity index (χ2n) is 9.16. The first-order valence-corrected chi connectivity index (χ1v) is 12.0. The third-order valence-corrected chi connectivity index (χ3v) is 6.67. The molecule has 0 N–H and O–H groups in total. The summed E-state index contributed by atoms with van der Waals surface area (Å²) in [6.45, 7) is 2.49. The van der Waals surface area contributed by atoms with E-state index in [0.29, 0.717) is 11.6 Å². The molecule has 0 spiro atoms. The van der Waals surface area contributed by atoms with Gasteiger partial charge in [0.25, 0.3) is 5.91 Å². The lowest BCUT2D eigenvalue weighted by Crippen LogP contribution is -2.77. The van der Waals surface area contributed by atoms with E-state index in [1.54, 1.807) is 23.5 Å². The maximum atomic E-state index is 13.4. The molecular formula is C25H34N4O6. The molecule has 10 heteroatoms. The molecule has 1 saturated carbocycles. The molecule has 1 aliphatic heterocycles. The van der Waals surface area contributed by atoms with Crippen molar-refractivity contribution in [2.75, 3.05) is 34.4 Å². The zero-order valence-electron chi connectivity index (χ0n) is 20.6. The summed E-state index contributed by atoms with van der Waals surface area (Å²) in [6.07, 6.45) is 11.2. The minimum atomic E-state index is -1.22. The predicted octanol–water partition coefficient (Wildman–Crippen LogP) is 2.62. The topological polar surface area (TPSA) is 105 Å². The highest BCUT2D eigenvalue weighted by atomic mass is 16.7. The van der Waals surface area contributed by atoms with Crippen molar-refractivity contribution in [3.05, 3.63) is 42.6 Å². The number of hydrogen-bond donors (Lipinski definition) is 0. The van der Waals surface area contributed by atoms with E-state index in [0.717, 1.165) is 24.5 Å². The molecule has 190 valence electrons. The molecule has 2 aromatic rings. The molecule has 3 heterocycles. The molecule has 0 bridgehead atoms. The number of methoxy groups -OCH3 is 2. The van der Waals surface area contributed by atoms with E-state index < -0.39 is 11.6 Å². The fourth-order valence-electron chi connectivity index (χ4n) is 4.75. The predicted molar refractivity (Wildman–Crippen MR) is 126 cm³/mol. The molecule has 2 atom stereocenters. The van der Waals surface area contributed by atoms with Crippen LogP contribution in [0.15, 0.2) is 36.9 Å². The molecule has 1 amide bonds. The van der Waals surface area contributed by atoms with Gasteiger partial charge in [-0.3, -0.25) is 14.8 Å². The fourth-order valence-corrected chi connectivity index (χ4v) is 4.75. The van der Waals surface area contributed by atoms with Gasteiger partial charge in [-0.15, -0.1) is 0 Å². The van der Waals surface area contributed by atoms with Gasteiger partial charge in [-0.2, -0.15) is 0 Å². The summed E-state index contributed by atoms with van der Waals surface area (Å²) in [5.74, 6) is 1.66. The molecule has 0 radical (unpaired) electrons. The van der Waals surface area contributed by atoms with Gasteiger partial charge in [0, 0.05) is 51.0 Å². The zero-order valence-corrected chi connectivity index (χ0v) is 20.6. The Morgan fingerprint density at radius 1 is 1.09 bits per heavy atom. The lowest BCUT2D eigenvalue weighted by Gasteiger charge is -2.54. The summed E-state index contributed by atoms with van der Waals surface area (Å²) in [6, 6.07) is 3.31. The second-order valence-corrected chi connectivity index (χ2v) is 9.16. The van der Waals surface area contributed by atoms with Crippen molar-refractivity contribution in [2.24, 2.45) is 5.92 Å². The Balaban J connectivity index is 1.52. The Bertz CT molecular complexity index is 956. The van der Waals surface area contributed by atoms with Gasteiger partial charge >= 0.3 is 0 Å². The van der Waals surface area contributed by atoms with Crippen molar-refractivity contribution in [2.45, 2.75) is 56.8 Å². The molecule has 2 fully saturated rings. The van der Waals surface area contributed by atoms with Crippen molar-refractivity contribution in [1.82, 2.24) is 19.9 Å². The van der Waals surface area contributed by atoms with Gasteiger partial charge in [0.05, 0.1) is 12.3 Å². The molecule has 0 aromatic carbocycles. The highest BCUT2D eigenvalue weighted by molar-refractivity contribution is 5.93. The Hall–Kier alpha value is -2.82. The zero-order chi connectivity index (χ0) is 24.7. The number of carbonyl (C=O) groups excluding carboxylic acids is 1. The third kappa shape index (κ3) is 5.88. The van der Waals surface area contributed by atoms with Gasteiger partial charge in [0.15, 0.2) is 5.60 Å². The Morgan fingerprint density at radius 3 is 2.63 bits per heavy atom. The summed E-state index contributed by atoms with van der Waals surface area (Å²) < 4.78 is 28.6. The number of nitrogens with zero attached hydrogens (tertiary/aromatic N) is 4. The molecular weight excluding hydrogens is 452 g/mol. The van der Waals surface area contributed by atoms with Crippen molar-refractivity contribution < 1.29 is 28.5 Å². The normalized spacial score (nSPS) is 26.3. The Kier molecular flexibility index (Phi) is 8.48. The lowest BCUT2D eigenvalue weighted by molar-refractivity contribution is -0.236. The van der Waals surface area contributed by atoms with Crippen LogP contribution in [-0.2, 0) is 25.4 Å². The number of rotatable bonds is 12. The van der Waals surface area contributed by atoms with Crippen molar-refractivity contribution in [1.29, 1.82) is 0 Å². The van der Waals surface area contributed by atoms with Crippen LogP contribution in [0.4, 0.5) is 0 Å². The van der Waals surface area contributed by atoms with E-state index in [1.807, 2.05) is 12.1 Å². The molecule has 1 aliphatic carbocycles. The monoisotopic (exact) mass is 486 g/mol. The van der Waals surface area contributed by atoms with Gasteiger partial charge in [-0.05, 0) is 37.7 Å². The van der Waals surface area contributed by atoms with Gasteiger partial charge in [0.1, 0.15) is 31.9 Å². The maximum absolute atomic E-state index is 13.4. The highest BCUT2D eigenvalue weighted by Gasteiger charge is 2.62. The van der Waals surface area contributed by atoms with Crippen LogP contribution in [0.5, 0.6) is 11.6 Å². The number of hydrogen-bond acceptors (Lipinski definition) is 9. The average Bonchev–Trinajstić information content (AvgIpc) is 2.88. The van der Waals surface area contributed by atoms with Crippen LogP contribution in [-0.4, -0.2) is 77.9 Å². The van der Waals surface area contributed by atoms with Crippen molar-refractivity contribution in [3.63, 3.8) is 0 Å². The molecule has 0 unspecified atom stereocenters. The second kappa shape index (κ2) is 11.7. The number of β-lactam (4-membered cyclic amide) rings is 1. The van der Waals surface area contributed by atoms with Crippen LogP contribution in [0, 0.1) is 5.92 Å². The quantitative estimate of drug-likeness (QED) is 0.331. The Morgan fingerprint density at radius 2 is 1.91 bits per heavy atom. The molecule has 2 aliphatic rings. The van der Waals surface area contributed by atoms with Crippen LogP contribution in [0.3, 0.4) is 0 Å². The molecule has 10 nitrogen and oxygen atoms in total. The summed E-state index contributed by atoms with van der Waals surface area (Å²) >= 11 is 0. The minimum Gasteiger partial charge on any atom is -0.490 e. The Labute approximate surface area is 205 Å². The van der Waals surface area contributed by atoms with Crippen LogP contribution >= 0.6 is 0 Å². The largest absolute Gasteiger partial charge is 0.490 e. The van der Waals surface area contributed by atoms with E-state index in [4.69, 9.17) is 23.7 Å². The van der Waals surface area contributed by atoms with Gasteiger partial charge < -0.3 is 28.6 Å². The van der Waals surface area contributed by atoms with Gasteiger partial charge in [0.2, 0.25) is 5.88 Å². The first kappa shape index (κ1) is 25.3. The van der Waals surface area contributed by atoms with Crippen LogP contribution < -0.4 is 9.47 Å². The average molecular weight is 487 g/mol. The third-order valence-electron chi connectivity index (χ3n) is 6.67. The number of aromatic nitrogens is 3. The minimum absolute atomic E-state index is 0.0509. The molecule has 2 aromatic heterocycles. The van der Waals surface area contributed by atoms with Crippen molar-refractivity contribution in [3.8, 4) is 11.6 Å². The van der Waals surface area contributed by atoms with Crippen LogP contribution in [0.1, 0.15) is 38.3 Å². The number of pyridine rings is 1. The van der Waals surface area contributed by atoms with E-state index in [-0.39, 0.29) is 38.6 Å². The number of amides is 1. The van der Waals surface area contributed by atoms with Crippen molar-refractivity contribution >= 4 is 5.91 Å². The number of likely N-dealkylation sites (tertiary alicyclic amines) is 1. The van der Waals surface area contributed by atoms with E-state index >= 15 is 0 Å². The first-order chi connectivity index (χ1) is 17.1. The maximum Gasteiger partial charge on any atom is 0.259 e. The molecule has 35 heavy (non-hydrogen) atoms. The molecule has 4 rings (SSSR count). The highest BCUT2D eigenvalue weighted by Crippen LogP contribution is 2.38. The summed E-state index contributed by atoms with van der Waals surface area (Å²) in [4.78, 5) is 27.6. The number of ether oxygens (including phenoxy) is 5. The summed E-state index contributed by atoms with van der Waals surface area (Å²) in [5, 5.41) is 0. The van der Waals surface area contributed by atoms with E-state index in [2.05, 4.69) is 21.9 Å². The lowest BCUT2D eigenvalue weighted by atomic mass is 9.78. The first-order valence-electron chi connectivity index (χ1n) is 12.0. The standard InChI is InChI=1S/C25H34N4O6/c1-18-4-6-20(7-5-18)35-21-8-9-27-19(12-21)13-25(34-17-32-3)22(29(16-31-2)24(25)30)15-33-23-14-26-10-11-28-23/h8-12,14,18,20,22H,4-7,13,15-17H2,1-3H3/t18-,20-,22-,25+/m0/s1. The molecule has 1 saturated heterocycles. The van der Waals surface area contributed by atoms with Crippen LogP contribution in [0.2, 0.25) is 0 Å². The van der Waals surface area contributed by atoms with Gasteiger partial charge in [-0.1, -0.05) is 6.92 Å². The number of carbonyl (C=O) groups is 1. The fraction of sp³-hybridized carbons (Fsp3) is 0.600. The van der Waals surface area contributed by atoms with E-state index in [9.17, 15) is 4.79 Å². The summed E-state index contributed by atoms with van der Waals surface area (Å²) in [5.41, 5.74) is -0.527.